The van der Waals surface area contributed by atoms with Crippen molar-refractivity contribution >= 4 is 6.09 Å². The number of carbonyl (C=O) groups excluding carboxylic acids is 1. The molecule has 7 rings (SSSR count). The van der Waals surface area contributed by atoms with Crippen LogP contribution in [0.4, 0.5) is 4.79 Å². The molecule has 6 aliphatic rings. The molecule has 4 saturated carbocycles. The van der Waals surface area contributed by atoms with Gasteiger partial charge in [0.25, 0.3) is 0 Å². The van der Waals surface area contributed by atoms with Crippen molar-refractivity contribution in [3.63, 3.8) is 0 Å². The highest BCUT2D eigenvalue weighted by molar-refractivity contribution is 5.67. The normalized spacial score (nSPS) is 44.9. The molecule has 8 heteroatoms. The molecule has 1 aromatic heterocycles. The first-order valence-corrected chi connectivity index (χ1v) is 15.1. The summed E-state index contributed by atoms with van der Waals surface area (Å²) in [5.74, 6) is 1.85. The van der Waals surface area contributed by atoms with E-state index < -0.39 is 0 Å². The summed E-state index contributed by atoms with van der Waals surface area (Å²) in [6, 6.07) is 3.44. The summed E-state index contributed by atoms with van der Waals surface area (Å²) < 4.78 is 23.2. The Balaban J connectivity index is 0.984. The minimum atomic E-state index is -0.307. The number of epoxide rings is 1. The molecule has 2 radical (unpaired) electrons. The number of morpholine rings is 1. The van der Waals surface area contributed by atoms with E-state index >= 15 is 0 Å². The Morgan fingerprint density at radius 2 is 1.97 bits per heavy atom. The lowest BCUT2D eigenvalue weighted by Crippen LogP contribution is -2.58. The van der Waals surface area contributed by atoms with Crippen LogP contribution in [-0.4, -0.2) is 68.2 Å². The zero-order chi connectivity index (χ0) is 26.8. The Bertz CT molecular complexity index is 1130. The maximum atomic E-state index is 12.6. The Morgan fingerprint density at radius 1 is 1.13 bits per heavy atom. The number of alkyl carbamates (subject to hydrolysis) is 1. The van der Waals surface area contributed by atoms with Crippen molar-refractivity contribution in [3.05, 3.63) is 40.8 Å². The lowest BCUT2D eigenvalue weighted by Gasteiger charge is -2.61. The molecule has 9 atom stereocenters. The quantitative estimate of drug-likeness (QED) is 0.566. The molecule has 1 N–H and O–H groups in total. The van der Waals surface area contributed by atoms with E-state index in [1.807, 2.05) is 6.07 Å². The number of nitrogens with one attached hydrogen (secondary N) is 1. The van der Waals surface area contributed by atoms with Crippen molar-refractivity contribution in [2.75, 3.05) is 39.4 Å². The minimum absolute atomic E-state index is 0.00483. The first-order chi connectivity index (χ1) is 18.8. The summed E-state index contributed by atoms with van der Waals surface area (Å²) in [5, 5.41) is 2.97. The van der Waals surface area contributed by atoms with Crippen molar-refractivity contribution < 1.29 is 23.4 Å². The highest BCUT2D eigenvalue weighted by Crippen LogP contribution is 2.77. The van der Waals surface area contributed by atoms with Gasteiger partial charge in [0.1, 0.15) is 11.7 Å². The van der Waals surface area contributed by atoms with Gasteiger partial charge >= 0.3 is 11.7 Å². The molecule has 0 unspecified atom stereocenters. The van der Waals surface area contributed by atoms with Crippen LogP contribution in [-0.2, 0) is 14.2 Å². The van der Waals surface area contributed by atoms with Crippen LogP contribution in [0.5, 0.6) is 0 Å². The molecule has 1 amide bonds. The molecule has 6 fully saturated rings. The second-order valence-corrected chi connectivity index (χ2v) is 13.4. The van der Waals surface area contributed by atoms with Gasteiger partial charge in [-0.3, -0.25) is 4.90 Å². The molecule has 39 heavy (non-hydrogen) atoms. The highest BCUT2D eigenvalue weighted by Gasteiger charge is 2.81. The Kier molecular flexibility index (Phi) is 6.40. The highest BCUT2D eigenvalue weighted by atomic mass is 16.6. The first kappa shape index (κ1) is 26.0. The van der Waals surface area contributed by atoms with Gasteiger partial charge in [-0.15, -0.1) is 0 Å². The molecule has 2 aliphatic heterocycles. The largest absolute Gasteiger partial charge is 0.446 e. The molecule has 212 valence electrons. The second kappa shape index (κ2) is 9.59. The molecule has 1 aromatic rings. The predicted octanol–water partition coefficient (Wildman–Crippen LogP) is 4.02. The van der Waals surface area contributed by atoms with E-state index in [1.54, 1.807) is 6.26 Å². The van der Waals surface area contributed by atoms with E-state index in [1.165, 1.54) is 12.5 Å². The molecule has 2 saturated heterocycles. The van der Waals surface area contributed by atoms with Crippen molar-refractivity contribution in [2.45, 2.75) is 82.5 Å². The second-order valence-electron chi connectivity index (χ2n) is 13.4. The van der Waals surface area contributed by atoms with Gasteiger partial charge in [0.2, 0.25) is 0 Å². The van der Waals surface area contributed by atoms with Crippen molar-refractivity contribution in [1.82, 2.24) is 10.2 Å². The maximum absolute atomic E-state index is 12.6. The fraction of sp³-hybridized carbons (Fsp3) is 0.774. The summed E-state index contributed by atoms with van der Waals surface area (Å²) in [6.07, 6.45) is 12.8. The Hall–Kier alpha value is -1.90. The lowest BCUT2D eigenvalue weighted by atomic mass is 9.44. The van der Waals surface area contributed by atoms with E-state index in [-0.39, 0.29) is 46.3 Å². The van der Waals surface area contributed by atoms with Crippen LogP contribution < -0.4 is 10.9 Å². The van der Waals surface area contributed by atoms with Gasteiger partial charge in [0, 0.05) is 50.0 Å². The summed E-state index contributed by atoms with van der Waals surface area (Å²) in [5.41, 5.74) is 0.823. The topological polar surface area (TPSA) is 93.5 Å². The molecule has 8 nitrogen and oxygen atoms in total. The molecule has 1 spiro atoms. The van der Waals surface area contributed by atoms with Crippen LogP contribution in [0.25, 0.3) is 0 Å². The number of nitrogens with zero attached hydrogens (tertiary/aromatic N) is 1. The molecule has 3 heterocycles. The van der Waals surface area contributed by atoms with Crippen LogP contribution in [0.2, 0.25) is 0 Å². The number of rotatable bonds is 5. The molecule has 0 aromatic carbocycles. The first-order valence-electron chi connectivity index (χ1n) is 15.1. The standard InChI is InChI=1S/C31H42N2O6/c1-29-9-7-22(38-28(35)32-11-12-33-13-15-36-16-14-33)17-21(29)4-5-24-23(29)8-10-30(2)25(18-26-31(24,30)39-26)20-3-6-27(34)37-19-20/h3,6,19,21-26H,4-5,7-17H2,1-2H3,(H,32,35)/t21-,22+,23+,24-,25-,26-,29+,30-,31-/m1/s1. The predicted molar refractivity (Wildman–Crippen MR) is 143 cm³/mol. The molecule has 4 aliphatic carbocycles. The van der Waals surface area contributed by atoms with Crippen LogP contribution in [0.3, 0.4) is 0 Å². The smallest absolute Gasteiger partial charge is 0.407 e. The SMILES string of the molecule is C[C@]12CC[C@H](OC(=O)NCCN3CCOCC3)C[C@H]1CC[C@@H]1[C@@H]2CC[C@]2(C)[C@@H](c3ccc(=O)oc3)[C][C@H]3O[C@]132. The van der Waals surface area contributed by atoms with Crippen molar-refractivity contribution in [1.29, 1.82) is 0 Å². The average Bonchev–Trinajstić information content (AvgIpc) is 3.59. The third kappa shape index (κ3) is 4.11. The average molecular weight is 539 g/mol. The monoisotopic (exact) mass is 538 g/mol. The van der Waals surface area contributed by atoms with Gasteiger partial charge in [0.05, 0.1) is 25.6 Å². The lowest BCUT2D eigenvalue weighted by molar-refractivity contribution is -0.138. The minimum Gasteiger partial charge on any atom is -0.446 e. The number of ether oxygens (including phenoxy) is 3. The van der Waals surface area contributed by atoms with Crippen LogP contribution in [0.1, 0.15) is 70.3 Å². The third-order valence-electron chi connectivity index (χ3n) is 11.8. The van der Waals surface area contributed by atoms with E-state index in [2.05, 4.69) is 30.5 Å². The maximum Gasteiger partial charge on any atom is 0.407 e. The number of carbonyl (C=O) groups is 1. The van der Waals surface area contributed by atoms with Crippen molar-refractivity contribution in [2.24, 2.45) is 28.6 Å². The van der Waals surface area contributed by atoms with Crippen LogP contribution in [0.15, 0.2) is 27.6 Å². The van der Waals surface area contributed by atoms with E-state index in [0.717, 1.165) is 76.9 Å². The van der Waals surface area contributed by atoms with Crippen LogP contribution >= 0.6 is 0 Å². The summed E-state index contributed by atoms with van der Waals surface area (Å²) >= 11 is 0. The molecular weight excluding hydrogens is 496 g/mol. The van der Waals surface area contributed by atoms with E-state index in [0.29, 0.717) is 24.3 Å². The van der Waals surface area contributed by atoms with Gasteiger partial charge in [-0.25, -0.2) is 9.59 Å². The van der Waals surface area contributed by atoms with Gasteiger partial charge in [-0.05, 0) is 79.7 Å². The fourth-order valence-electron chi connectivity index (χ4n) is 9.65. The number of amides is 1. The van der Waals surface area contributed by atoms with Gasteiger partial charge < -0.3 is 23.9 Å². The fourth-order valence-corrected chi connectivity index (χ4v) is 9.65. The zero-order valence-corrected chi connectivity index (χ0v) is 23.3. The van der Waals surface area contributed by atoms with E-state index in [9.17, 15) is 9.59 Å². The molecule has 0 bridgehead atoms. The van der Waals surface area contributed by atoms with E-state index in [4.69, 9.17) is 18.6 Å². The van der Waals surface area contributed by atoms with Gasteiger partial charge in [-0.1, -0.05) is 13.8 Å². The number of fused-ring (bicyclic) bond motifs is 3. The van der Waals surface area contributed by atoms with Crippen LogP contribution in [0, 0.1) is 35.0 Å². The third-order valence-corrected chi connectivity index (χ3v) is 11.8. The number of hydrogen-bond acceptors (Lipinski definition) is 7. The van der Waals surface area contributed by atoms with Gasteiger partial charge in [0.15, 0.2) is 0 Å². The summed E-state index contributed by atoms with van der Waals surface area (Å²) in [6.45, 7) is 9.74. The van der Waals surface area contributed by atoms with Crippen molar-refractivity contribution in [3.8, 4) is 0 Å². The van der Waals surface area contributed by atoms with Gasteiger partial charge in [-0.2, -0.15) is 0 Å². The summed E-state index contributed by atoms with van der Waals surface area (Å²) in [7, 11) is 0. The zero-order valence-electron chi connectivity index (χ0n) is 23.3. The Labute approximate surface area is 231 Å². The Morgan fingerprint density at radius 3 is 2.77 bits per heavy atom. The number of hydrogen-bond donors (Lipinski definition) is 1. The summed E-state index contributed by atoms with van der Waals surface area (Å²) in [4.78, 5) is 26.5. The molecular formula is C31H42N2O6.